The second kappa shape index (κ2) is 9.81. The number of alkyl halides is 3. The summed E-state index contributed by atoms with van der Waals surface area (Å²) in [7, 11) is 0. The van der Waals surface area contributed by atoms with Crippen molar-refractivity contribution in [1.29, 1.82) is 0 Å². The lowest BCUT2D eigenvalue weighted by Gasteiger charge is -2.35. The van der Waals surface area contributed by atoms with Gasteiger partial charge in [0.25, 0.3) is 5.91 Å². The molecular formula is C27H27F3N4O2. The molecular weight excluding hydrogens is 469 g/mol. The van der Waals surface area contributed by atoms with E-state index in [-0.39, 0.29) is 11.7 Å². The first-order valence-corrected chi connectivity index (χ1v) is 11.9. The number of aromatic nitrogens is 1. The van der Waals surface area contributed by atoms with E-state index in [4.69, 9.17) is 0 Å². The maximum absolute atomic E-state index is 13.1. The van der Waals surface area contributed by atoms with Crippen LogP contribution in [0.25, 0.3) is 0 Å². The quantitative estimate of drug-likeness (QED) is 0.492. The third kappa shape index (κ3) is 5.46. The Morgan fingerprint density at radius 3 is 2.36 bits per heavy atom. The second-order valence-electron chi connectivity index (χ2n) is 9.25. The summed E-state index contributed by atoms with van der Waals surface area (Å²) in [5, 5.41) is 0. The number of hydrogen-bond acceptors (Lipinski definition) is 5. The van der Waals surface area contributed by atoms with Gasteiger partial charge >= 0.3 is 6.36 Å². The number of anilines is 1. The maximum atomic E-state index is 13.1. The molecule has 3 heterocycles. The molecule has 0 radical (unpaired) electrons. The first-order valence-electron chi connectivity index (χ1n) is 11.9. The van der Waals surface area contributed by atoms with Crippen molar-refractivity contribution in [1.82, 2.24) is 14.8 Å². The van der Waals surface area contributed by atoms with Gasteiger partial charge in [-0.25, -0.2) is 4.98 Å². The van der Waals surface area contributed by atoms with Crippen LogP contribution in [0.1, 0.15) is 32.6 Å². The molecule has 0 atom stereocenters. The van der Waals surface area contributed by atoms with Gasteiger partial charge in [0.05, 0.1) is 0 Å². The van der Waals surface area contributed by atoms with Crippen LogP contribution >= 0.6 is 0 Å². The number of amides is 1. The smallest absolute Gasteiger partial charge is 0.406 e. The summed E-state index contributed by atoms with van der Waals surface area (Å²) in [6.07, 6.45) is -2.91. The van der Waals surface area contributed by atoms with Crippen LogP contribution in [0, 0.1) is 6.92 Å². The number of piperazine rings is 1. The van der Waals surface area contributed by atoms with Gasteiger partial charge < -0.3 is 14.5 Å². The average Bonchev–Trinajstić information content (AvgIpc) is 3.15. The number of fused-ring (bicyclic) bond motifs is 1. The fourth-order valence-corrected chi connectivity index (χ4v) is 4.98. The lowest BCUT2D eigenvalue weighted by Crippen LogP contribution is -2.46. The SMILES string of the molecule is Cc1cc(CN2CCN(c3ccccn3)CC2)cc2c1C(=O)N(Cc1ccc(OC(F)(F)F)cc1)C2. The number of ether oxygens (including phenoxy) is 1. The van der Waals surface area contributed by atoms with Gasteiger partial charge in [-0.05, 0) is 53.4 Å². The number of pyridine rings is 1. The minimum Gasteiger partial charge on any atom is -0.406 e. The Labute approximate surface area is 207 Å². The Balaban J connectivity index is 1.21. The number of carbonyl (C=O) groups excluding carboxylic acids is 1. The van der Waals surface area contributed by atoms with Crippen molar-refractivity contribution in [3.05, 3.63) is 88.6 Å². The summed E-state index contributed by atoms with van der Waals surface area (Å²) in [6, 6.07) is 15.8. The lowest BCUT2D eigenvalue weighted by molar-refractivity contribution is -0.274. The molecule has 0 N–H and O–H groups in total. The van der Waals surface area contributed by atoms with Crippen LogP contribution in [-0.4, -0.2) is 53.2 Å². The van der Waals surface area contributed by atoms with E-state index in [2.05, 4.69) is 31.7 Å². The maximum Gasteiger partial charge on any atom is 0.573 e. The molecule has 0 saturated carbocycles. The minimum atomic E-state index is -4.73. The Kier molecular flexibility index (Phi) is 6.57. The molecule has 1 aromatic heterocycles. The predicted octanol–water partition coefficient (Wildman–Crippen LogP) is 4.77. The Hall–Kier alpha value is -3.59. The number of halogens is 3. The molecule has 3 aromatic rings. The zero-order valence-electron chi connectivity index (χ0n) is 20.0. The number of aryl methyl sites for hydroxylation is 1. The molecule has 1 amide bonds. The van der Waals surface area contributed by atoms with Gasteiger partial charge in [0.15, 0.2) is 0 Å². The highest BCUT2D eigenvalue weighted by Crippen LogP contribution is 2.30. The minimum absolute atomic E-state index is 0.0476. The molecule has 2 aromatic carbocycles. The van der Waals surface area contributed by atoms with Crippen molar-refractivity contribution >= 4 is 11.7 Å². The average molecular weight is 497 g/mol. The first kappa shape index (κ1) is 24.1. The predicted molar refractivity (Wildman–Crippen MR) is 130 cm³/mol. The fraction of sp³-hybridized carbons (Fsp3) is 0.333. The van der Waals surface area contributed by atoms with E-state index in [1.165, 1.54) is 17.7 Å². The molecule has 188 valence electrons. The molecule has 9 heteroatoms. The number of hydrogen-bond donors (Lipinski definition) is 0. The third-order valence-corrected chi connectivity index (χ3v) is 6.62. The third-order valence-electron chi connectivity index (χ3n) is 6.62. The Bertz CT molecular complexity index is 1220. The monoisotopic (exact) mass is 496 g/mol. The van der Waals surface area contributed by atoms with Gasteiger partial charge in [0.2, 0.25) is 0 Å². The van der Waals surface area contributed by atoms with E-state index in [1.807, 2.05) is 31.3 Å². The van der Waals surface area contributed by atoms with Gasteiger partial charge in [0, 0.05) is 57.6 Å². The van der Waals surface area contributed by atoms with Gasteiger partial charge in [-0.15, -0.1) is 13.2 Å². The lowest BCUT2D eigenvalue weighted by atomic mass is 10.00. The molecule has 2 aliphatic heterocycles. The van der Waals surface area contributed by atoms with Crippen molar-refractivity contribution in [2.24, 2.45) is 0 Å². The van der Waals surface area contributed by atoms with Crippen LogP contribution in [0.5, 0.6) is 5.75 Å². The number of nitrogens with zero attached hydrogens (tertiary/aromatic N) is 4. The Morgan fingerprint density at radius 2 is 1.69 bits per heavy atom. The van der Waals surface area contributed by atoms with E-state index < -0.39 is 6.36 Å². The highest BCUT2D eigenvalue weighted by Gasteiger charge is 2.32. The summed E-state index contributed by atoms with van der Waals surface area (Å²) in [5.74, 6) is 0.684. The highest BCUT2D eigenvalue weighted by atomic mass is 19.4. The van der Waals surface area contributed by atoms with Gasteiger partial charge in [-0.3, -0.25) is 9.69 Å². The summed E-state index contributed by atoms with van der Waals surface area (Å²) >= 11 is 0. The van der Waals surface area contributed by atoms with E-state index in [0.29, 0.717) is 13.1 Å². The molecule has 6 nitrogen and oxygen atoms in total. The molecule has 36 heavy (non-hydrogen) atoms. The zero-order valence-corrected chi connectivity index (χ0v) is 20.0. The molecule has 5 rings (SSSR count). The largest absolute Gasteiger partial charge is 0.573 e. The summed E-state index contributed by atoms with van der Waals surface area (Å²) in [4.78, 5) is 24.0. The Morgan fingerprint density at radius 1 is 0.944 bits per heavy atom. The van der Waals surface area contributed by atoms with Gasteiger partial charge in [-0.2, -0.15) is 0 Å². The number of carbonyl (C=O) groups is 1. The summed E-state index contributed by atoms with van der Waals surface area (Å²) in [5.41, 5.74) is 4.61. The topological polar surface area (TPSA) is 48.9 Å². The molecule has 1 saturated heterocycles. The van der Waals surface area contributed by atoms with Crippen LogP contribution in [0.15, 0.2) is 60.8 Å². The van der Waals surface area contributed by atoms with E-state index >= 15 is 0 Å². The van der Waals surface area contributed by atoms with E-state index in [9.17, 15) is 18.0 Å². The normalized spacial score (nSPS) is 16.4. The molecule has 2 aliphatic rings. The molecule has 0 aliphatic carbocycles. The van der Waals surface area contributed by atoms with Crippen molar-refractivity contribution in [2.45, 2.75) is 32.9 Å². The van der Waals surface area contributed by atoms with Crippen molar-refractivity contribution < 1.29 is 22.7 Å². The van der Waals surface area contributed by atoms with Crippen LogP contribution in [-0.2, 0) is 19.6 Å². The fourth-order valence-electron chi connectivity index (χ4n) is 4.98. The highest BCUT2D eigenvalue weighted by molar-refractivity contribution is 5.99. The zero-order chi connectivity index (χ0) is 25.3. The van der Waals surface area contributed by atoms with Crippen LogP contribution in [0.4, 0.5) is 19.0 Å². The number of benzene rings is 2. The summed E-state index contributed by atoms with van der Waals surface area (Å²) in [6.45, 7) is 7.30. The first-order chi connectivity index (χ1) is 17.2. The number of rotatable bonds is 6. The summed E-state index contributed by atoms with van der Waals surface area (Å²) < 4.78 is 41.1. The molecule has 1 fully saturated rings. The molecule has 0 spiro atoms. The second-order valence-corrected chi connectivity index (χ2v) is 9.25. The van der Waals surface area contributed by atoms with Crippen LogP contribution in [0.3, 0.4) is 0 Å². The van der Waals surface area contributed by atoms with Gasteiger partial charge in [0.1, 0.15) is 11.6 Å². The van der Waals surface area contributed by atoms with E-state index in [1.54, 1.807) is 17.0 Å². The molecule has 0 bridgehead atoms. The van der Waals surface area contributed by atoms with Crippen molar-refractivity contribution in [3.8, 4) is 5.75 Å². The van der Waals surface area contributed by atoms with E-state index in [0.717, 1.165) is 60.8 Å². The van der Waals surface area contributed by atoms with Crippen LogP contribution in [0.2, 0.25) is 0 Å². The van der Waals surface area contributed by atoms with Crippen molar-refractivity contribution in [3.63, 3.8) is 0 Å². The molecule has 0 unspecified atom stereocenters. The standard InChI is InChI=1S/C27H27F3N4O2/c1-19-14-21(16-32-10-12-33(13-11-32)24-4-2-3-9-31-24)15-22-18-34(26(35)25(19)22)17-20-5-7-23(8-6-20)36-27(28,29)30/h2-9,14-15H,10-13,16-18H2,1H3. The van der Waals surface area contributed by atoms with Crippen molar-refractivity contribution in [2.75, 3.05) is 31.1 Å². The van der Waals surface area contributed by atoms with Crippen LogP contribution < -0.4 is 9.64 Å². The van der Waals surface area contributed by atoms with Gasteiger partial charge in [-0.1, -0.05) is 30.3 Å².